The Balaban J connectivity index is 1.47. The minimum atomic E-state index is 0.367. The van der Waals surface area contributed by atoms with Crippen LogP contribution in [-0.2, 0) is 4.79 Å². The molecule has 1 aliphatic heterocycles. The molecule has 2 saturated carbocycles. The maximum Gasteiger partial charge on any atom is 0.223 e. The average molecular weight is 293 g/mol. The van der Waals surface area contributed by atoms with E-state index in [-0.39, 0.29) is 0 Å². The lowest BCUT2D eigenvalue weighted by atomic mass is 9.86. The van der Waals surface area contributed by atoms with Crippen molar-refractivity contribution in [1.29, 1.82) is 0 Å². The van der Waals surface area contributed by atoms with Gasteiger partial charge < -0.3 is 10.2 Å². The lowest BCUT2D eigenvalue weighted by molar-refractivity contribution is -0.132. The van der Waals surface area contributed by atoms with Crippen LogP contribution in [0, 0.1) is 5.92 Å². The monoisotopic (exact) mass is 293 g/mol. The second-order valence-electron chi connectivity index (χ2n) is 7.26. The molecule has 0 bridgehead atoms. The van der Waals surface area contributed by atoms with Crippen LogP contribution in [-0.4, -0.2) is 60.5 Å². The van der Waals surface area contributed by atoms with Crippen LogP contribution in [0.1, 0.15) is 51.9 Å². The average Bonchev–Trinajstić information content (AvgIpc) is 3.35. The van der Waals surface area contributed by atoms with Gasteiger partial charge in [-0.15, -0.1) is 0 Å². The van der Waals surface area contributed by atoms with E-state index in [1.165, 1.54) is 38.5 Å². The van der Waals surface area contributed by atoms with Crippen molar-refractivity contribution >= 4 is 5.91 Å². The molecule has 1 N–H and O–H groups in total. The molecule has 0 radical (unpaired) electrons. The standard InChI is InChI=1S/C17H31N3O/c1-14-2-4-15(5-3-14)20(16-6-7-16)11-8-17(21)19-12-9-18-10-13-19/h14-16,18H,2-13H2,1H3. The highest BCUT2D eigenvalue weighted by Gasteiger charge is 2.35. The highest BCUT2D eigenvalue weighted by atomic mass is 16.2. The van der Waals surface area contributed by atoms with Gasteiger partial charge in [0.05, 0.1) is 0 Å². The van der Waals surface area contributed by atoms with E-state index in [0.29, 0.717) is 5.91 Å². The highest BCUT2D eigenvalue weighted by Crippen LogP contribution is 2.35. The van der Waals surface area contributed by atoms with Gasteiger partial charge in [0, 0.05) is 51.2 Å². The molecule has 1 saturated heterocycles. The number of nitrogens with zero attached hydrogens (tertiary/aromatic N) is 2. The van der Waals surface area contributed by atoms with E-state index < -0.39 is 0 Å². The summed E-state index contributed by atoms with van der Waals surface area (Å²) in [6.07, 6.45) is 8.88. The first kappa shape index (κ1) is 15.3. The minimum absolute atomic E-state index is 0.367. The Morgan fingerprint density at radius 1 is 1.05 bits per heavy atom. The summed E-state index contributed by atoms with van der Waals surface area (Å²) in [5.41, 5.74) is 0. The maximum atomic E-state index is 12.4. The van der Waals surface area contributed by atoms with E-state index >= 15 is 0 Å². The van der Waals surface area contributed by atoms with Crippen molar-refractivity contribution in [3.05, 3.63) is 0 Å². The van der Waals surface area contributed by atoms with Gasteiger partial charge >= 0.3 is 0 Å². The molecule has 0 aromatic carbocycles. The summed E-state index contributed by atoms with van der Waals surface area (Å²) in [5, 5.41) is 3.31. The van der Waals surface area contributed by atoms with Crippen LogP contribution in [0.3, 0.4) is 0 Å². The van der Waals surface area contributed by atoms with Crippen LogP contribution in [0.4, 0.5) is 0 Å². The Bertz CT molecular complexity index is 342. The minimum Gasteiger partial charge on any atom is -0.340 e. The molecule has 0 unspecified atom stereocenters. The summed E-state index contributed by atoms with van der Waals surface area (Å²) in [5.74, 6) is 1.27. The molecule has 21 heavy (non-hydrogen) atoms. The topological polar surface area (TPSA) is 35.6 Å². The summed E-state index contributed by atoms with van der Waals surface area (Å²) in [6, 6.07) is 1.55. The van der Waals surface area contributed by atoms with Crippen LogP contribution in [0.15, 0.2) is 0 Å². The summed E-state index contributed by atoms with van der Waals surface area (Å²) in [6.45, 7) is 7.07. The van der Waals surface area contributed by atoms with Gasteiger partial charge in [-0.1, -0.05) is 6.92 Å². The zero-order valence-electron chi connectivity index (χ0n) is 13.5. The van der Waals surface area contributed by atoms with Gasteiger partial charge in [-0.25, -0.2) is 0 Å². The highest BCUT2D eigenvalue weighted by molar-refractivity contribution is 5.76. The lowest BCUT2D eigenvalue weighted by Crippen LogP contribution is -2.48. The van der Waals surface area contributed by atoms with Gasteiger partial charge in [0.25, 0.3) is 0 Å². The van der Waals surface area contributed by atoms with Crippen molar-refractivity contribution in [3.63, 3.8) is 0 Å². The number of piperazine rings is 1. The Morgan fingerprint density at radius 2 is 1.62 bits per heavy atom. The second-order valence-corrected chi connectivity index (χ2v) is 7.26. The zero-order valence-corrected chi connectivity index (χ0v) is 13.5. The fourth-order valence-corrected chi connectivity index (χ4v) is 3.94. The van der Waals surface area contributed by atoms with Crippen LogP contribution in [0.5, 0.6) is 0 Å². The summed E-state index contributed by atoms with van der Waals surface area (Å²) in [4.78, 5) is 17.1. The summed E-state index contributed by atoms with van der Waals surface area (Å²) in [7, 11) is 0. The second kappa shape index (κ2) is 7.10. The largest absolute Gasteiger partial charge is 0.340 e. The molecule has 4 nitrogen and oxygen atoms in total. The van der Waals surface area contributed by atoms with Crippen LogP contribution < -0.4 is 5.32 Å². The van der Waals surface area contributed by atoms with E-state index in [2.05, 4.69) is 17.1 Å². The smallest absolute Gasteiger partial charge is 0.223 e. The molecule has 2 aliphatic carbocycles. The first-order chi connectivity index (χ1) is 10.2. The van der Waals surface area contributed by atoms with Gasteiger partial charge in [-0.2, -0.15) is 0 Å². The molecule has 4 heteroatoms. The number of amides is 1. The van der Waals surface area contributed by atoms with E-state index in [4.69, 9.17) is 0 Å². The zero-order chi connectivity index (χ0) is 14.7. The van der Waals surface area contributed by atoms with E-state index in [0.717, 1.165) is 57.1 Å². The van der Waals surface area contributed by atoms with Gasteiger partial charge in [0.1, 0.15) is 0 Å². The SMILES string of the molecule is CC1CCC(N(CCC(=O)N2CCNCC2)C2CC2)CC1. The molecule has 120 valence electrons. The van der Waals surface area contributed by atoms with E-state index in [1.807, 2.05) is 4.90 Å². The van der Waals surface area contributed by atoms with Crippen molar-refractivity contribution in [2.24, 2.45) is 5.92 Å². The molecule has 0 aromatic rings. The Hall–Kier alpha value is -0.610. The fourth-order valence-electron chi connectivity index (χ4n) is 3.94. The fraction of sp³-hybridized carbons (Fsp3) is 0.941. The van der Waals surface area contributed by atoms with Gasteiger partial charge in [0.2, 0.25) is 5.91 Å². The molecule has 1 heterocycles. The van der Waals surface area contributed by atoms with Crippen molar-refractivity contribution in [2.45, 2.75) is 64.0 Å². The van der Waals surface area contributed by atoms with Crippen molar-refractivity contribution < 1.29 is 4.79 Å². The third-order valence-electron chi connectivity index (χ3n) is 5.52. The molecule has 0 spiro atoms. The lowest BCUT2D eigenvalue weighted by Gasteiger charge is -2.37. The maximum absolute atomic E-state index is 12.4. The predicted molar refractivity (Wildman–Crippen MR) is 85.2 cm³/mol. The molecular weight excluding hydrogens is 262 g/mol. The summed E-state index contributed by atoms with van der Waals surface area (Å²) < 4.78 is 0. The quantitative estimate of drug-likeness (QED) is 0.840. The number of carbonyl (C=O) groups is 1. The first-order valence-corrected chi connectivity index (χ1v) is 8.98. The Labute approximate surface area is 129 Å². The van der Waals surface area contributed by atoms with E-state index in [9.17, 15) is 4.79 Å². The Morgan fingerprint density at radius 3 is 2.19 bits per heavy atom. The molecular formula is C17H31N3O. The van der Waals surface area contributed by atoms with E-state index in [1.54, 1.807) is 0 Å². The van der Waals surface area contributed by atoms with Gasteiger partial charge in [-0.3, -0.25) is 9.69 Å². The number of carbonyl (C=O) groups excluding carboxylic acids is 1. The van der Waals surface area contributed by atoms with Crippen LogP contribution >= 0.6 is 0 Å². The van der Waals surface area contributed by atoms with Crippen LogP contribution in [0.25, 0.3) is 0 Å². The molecule has 0 atom stereocenters. The third kappa shape index (κ3) is 4.19. The van der Waals surface area contributed by atoms with Crippen LogP contribution in [0.2, 0.25) is 0 Å². The number of hydrogen-bond acceptors (Lipinski definition) is 3. The van der Waals surface area contributed by atoms with Crippen molar-refractivity contribution in [2.75, 3.05) is 32.7 Å². The summed E-state index contributed by atoms with van der Waals surface area (Å²) >= 11 is 0. The molecule has 1 amide bonds. The van der Waals surface area contributed by atoms with Crippen molar-refractivity contribution in [1.82, 2.24) is 15.1 Å². The predicted octanol–water partition coefficient (Wildman–Crippen LogP) is 1.85. The van der Waals surface area contributed by atoms with Gasteiger partial charge in [0.15, 0.2) is 0 Å². The van der Waals surface area contributed by atoms with Gasteiger partial charge in [-0.05, 0) is 44.4 Å². The number of hydrogen-bond donors (Lipinski definition) is 1. The molecule has 3 rings (SSSR count). The first-order valence-electron chi connectivity index (χ1n) is 8.98. The number of nitrogens with one attached hydrogen (secondary N) is 1. The Kier molecular flexibility index (Phi) is 5.17. The number of rotatable bonds is 5. The van der Waals surface area contributed by atoms with Crippen molar-refractivity contribution in [3.8, 4) is 0 Å². The molecule has 3 aliphatic rings. The normalized spacial score (nSPS) is 30.7. The molecule has 3 fully saturated rings. The molecule has 0 aromatic heterocycles. The third-order valence-corrected chi connectivity index (χ3v) is 5.52.